The average Bonchev–Trinajstić information content (AvgIpc) is 2.89. The summed E-state index contributed by atoms with van der Waals surface area (Å²) in [7, 11) is 0. The van der Waals surface area contributed by atoms with Gasteiger partial charge in [0.25, 0.3) is 0 Å². The summed E-state index contributed by atoms with van der Waals surface area (Å²) in [6, 6.07) is 3.09. The lowest BCUT2D eigenvalue weighted by Gasteiger charge is -2.16. The number of hydrogen-bond donors (Lipinski definition) is 2. The van der Waals surface area contributed by atoms with Gasteiger partial charge >= 0.3 is 5.97 Å². The fourth-order valence-electron chi connectivity index (χ4n) is 2.07. The van der Waals surface area contributed by atoms with Crippen LogP contribution in [0.4, 0.5) is 0 Å². The van der Waals surface area contributed by atoms with Crippen molar-refractivity contribution in [3.63, 3.8) is 0 Å². The van der Waals surface area contributed by atoms with E-state index in [4.69, 9.17) is 9.84 Å². The van der Waals surface area contributed by atoms with E-state index < -0.39 is 5.97 Å². The van der Waals surface area contributed by atoms with E-state index in [1.807, 2.05) is 6.92 Å². The van der Waals surface area contributed by atoms with Crippen LogP contribution in [0, 0.1) is 0 Å². The molecule has 2 unspecified atom stereocenters. The van der Waals surface area contributed by atoms with Gasteiger partial charge in [0, 0.05) is 12.8 Å². The predicted molar refractivity (Wildman–Crippen MR) is 63.4 cm³/mol. The lowest BCUT2D eigenvalue weighted by Crippen LogP contribution is -2.41. The topological polar surface area (TPSA) is 80.6 Å². The third kappa shape index (κ3) is 2.70. The summed E-state index contributed by atoms with van der Waals surface area (Å²) in [5, 5.41) is 11.8. The van der Waals surface area contributed by atoms with E-state index in [1.165, 1.54) is 10.6 Å². The van der Waals surface area contributed by atoms with Gasteiger partial charge in [0.1, 0.15) is 12.2 Å². The Balaban J connectivity index is 1.94. The third-order valence-corrected chi connectivity index (χ3v) is 3.09. The Bertz CT molecular complexity index is 455. The lowest BCUT2D eigenvalue weighted by atomic mass is 10.1. The van der Waals surface area contributed by atoms with Crippen LogP contribution in [0.25, 0.3) is 0 Å². The fraction of sp³-hybridized carbons (Fsp3) is 0.500. The Morgan fingerprint density at radius 1 is 1.61 bits per heavy atom. The number of aromatic carboxylic acids is 1. The molecule has 2 heterocycles. The van der Waals surface area contributed by atoms with Gasteiger partial charge in [-0.2, -0.15) is 0 Å². The summed E-state index contributed by atoms with van der Waals surface area (Å²) in [6.07, 6.45) is 2.39. The molecule has 6 nitrogen and oxygen atoms in total. The van der Waals surface area contributed by atoms with Crippen LogP contribution in [0.15, 0.2) is 18.3 Å². The SMILES string of the molecule is CC1OCCC1NC(=O)Cn1cccc1C(=O)O. The summed E-state index contributed by atoms with van der Waals surface area (Å²) in [5.74, 6) is -1.23. The molecule has 1 amide bonds. The van der Waals surface area contributed by atoms with Crippen LogP contribution in [0.2, 0.25) is 0 Å². The van der Waals surface area contributed by atoms with Crippen molar-refractivity contribution in [2.75, 3.05) is 6.61 Å². The highest BCUT2D eigenvalue weighted by atomic mass is 16.5. The maximum atomic E-state index is 11.8. The number of carboxylic acid groups (broad SMARTS) is 1. The lowest BCUT2D eigenvalue weighted by molar-refractivity contribution is -0.122. The molecule has 1 aromatic heterocycles. The van der Waals surface area contributed by atoms with E-state index in [9.17, 15) is 9.59 Å². The smallest absolute Gasteiger partial charge is 0.352 e. The van der Waals surface area contributed by atoms with Crippen molar-refractivity contribution in [2.45, 2.75) is 32.0 Å². The van der Waals surface area contributed by atoms with Gasteiger partial charge in [0.2, 0.25) is 5.91 Å². The van der Waals surface area contributed by atoms with Crippen LogP contribution in [0.1, 0.15) is 23.8 Å². The quantitative estimate of drug-likeness (QED) is 0.816. The van der Waals surface area contributed by atoms with Crippen molar-refractivity contribution in [3.8, 4) is 0 Å². The number of nitrogens with zero attached hydrogens (tertiary/aromatic N) is 1. The molecule has 98 valence electrons. The summed E-state index contributed by atoms with van der Waals surface area (Å²) in [6.45, 7) is 2.57. The van der Waals surface area contributed by atoms with Crippen molar-refractivity contribution in [1.82, 2.24) is 9.88 Å². The first-order valence-corrected chi connectivity index (χ1v) is 5.87. The van der Waals surface area contributed by atoms with Gasteiger partial charge < -0.3 is 19.7 Å². The van der Waals surface area contributed by atoms with Gasteiger partial charge in [-0.3, -0.25) is 4.79 Å². The minimum atomic E-state index is -1.04. The zero-order valence-electron chi connectivity index (χ0n) is 10.1. The number of ether oxygens (including phenoxy) is 1. The van der Waals surface area contributed by atoms with Gasteiger partial charge in [-0.25, -0.2) is 4.79 Å². The van der Waals surface area contributed by atoms with Crippen molar-refractivity contribution in [3.05, 3.63) is 24.0 Å². The van der Waals surface area contributed by atoms with Gasteiger partial charge in [0.05, 0.1) is 12.1 Å². The van der Waals surface area contributed by atoms with Crippen molar-refractivity contribution < 1.29 is 19.4 Å². The fourth-order valence-corrected chi connectivity index (χ4v) is 2.07. The number of carbonyl (C=O) groups is 2. The number of aromatic nitrogens is 1. The number of carbonyl (C=O) groups excluding carboxylic acids is 1. The summed E-state index contributed by atoms with van der Waals surface area (Å²) >= 11 is 0. The molecule has 1 aliphatic rings. The Morgan fingerprint density at radius 2 is 2.39 bits per heavy atom. The minimum absolute atomic E-state index is 0.0116. The molecule has 0 radical (unpaired) electrons. The molecule has 0 aliphatic carbocycles. The summed E-state index contributed by atoms with van der Waals surface area (Å²) in [4.78, 5) is 22.7. The molecule has 1 aromatic rings. The second kappa shape index (κ2) is 5.22. The van der Waals surface area contributed by atoms with Crippen molar-refractivity contribution in [2.24, 2.45) is 0 Å². The average molecular weight is 252 g/mol. The van der Waals surface area contributed by atoms with E-state index >= 15 is 0 Å². The van der Waals surface area contributed by atoms with E-state index in [0.29, 0.717) is 6.61 Å². The van der Waals surface area contributed by atoms with E-state index in [2.05, 4.69) is 5.32 Å². The molecule has 2 N–H and O–H groups in total. The van der Waals surface area contributed by atoms with Crippen LogP contribution >= 0.6 is 0 Å². The molecule has 1 saturated heterocycles. The number of amides is 1. The van der Waals surface area contributed by atoms with E-state index in [-0.39, 0.29) is 30.3 Å². The second-order valence-electron chi connectivity index (χ2n) is 4.37. The van der Waals surface area contributed by atoms with Crippen LogP contribution < -0.4 is 5.32 Å². The molecule has 0 spiro atoms. The van der Waals surface area contributed by atoms with Gasteiger partial charge in [-0.05, 0) is 25.5 Å². The number of rotatable bonds is 4. The van der Waals surface area contributed by atoms with E-state index in [0.717, 1.165) is 6.42 Å². The van der Waals surface area contributed by atoms with E-state index in [1.54, 1.807) is 12.3 Å². The Hall–Kier alpha value is -1.82. The van der Waals surface area contributed by atoms with Crippen LogP contribution in [0.3, 0.4) is 0 Å². The highest BCUT2D eigenvalue weighted by molar-refractivity contribution is 5.86. The molecular weight excluding hydrogens is 236 g/mol. The molecule has 0 saturated carbocycles. The summed E-state index contributed by atoms with van der Waals surface area (Å²) < 4.78 is 6.76. The molecule has 1 aliphatic heterocycles. The monoisotopic (exact) mass is 252 g/mol. The number of carboxylic acids is 1. The zero-order valence-corrected chi connectivity index (χ0v) is 10.1. The van der Waals surface area contributed by atoms with Crippen molar-refractivity contribution in [1.29, 1.82) is 0 Å². The molecule has 0 aromatic carbocycles. The first kappa shape index (κ1) is 12.6. The van der Waals surface area contributed by atoms with Gasteiger partial charge in [0.15, 0.2) is 0 Å². The minimum Gasteiger partial charge on any atom is -0.477 e. The first-order valence-electron chi connectivity index (χ1n) is 5.87. The van der Waals surface area contributed by atoms with Crippen molar-refractivity contribution >= 4 is 11.9 Å². The van der Waals surface area contributed by atoms with Crippen LogP contribution in [-0.2, 0) is 16.1 Å². The highest BCUT2D eigenvalue weighted by Crippen LogP contribution is 2.12. The maximum Gasteiger partial charge on any atom is 0.352 e. The Morgan fingerprint density at radius 3 is 3.00 bits per heavy atom. The zero-order chi connectivity index (χ0) is 13.1. The number of hydrogen-bond acceptors (Lipinski definition) is 3. The van der Waals surface area contributed by atoms with Crippen LogP contribution in [-0.4, -0.2) is 40.3 Å². The molecular formula is C12H16N2O4. The number of nitrogens with one attached hydrogen (secondary N) is 1. The molecule has 1 fully saturated rings. The predicted octanol–water partition coefficient (Wildman–Crippen LogP) is 0.480. The molecule has 2 rings (SSSR count). The standard InChI is InChI=1S/C12H16N2O4/c1-8-9(4-6-18-8)13-11(15)7-14-5-2-3-10(14)12(16)17/h2-3,5,8-9H,4,6-7H2,1H3,(H,13,15)(H,16,17). The summed E-state index contributed by atoms with van der Waals surface area (Å²) in [5.41, 5.74) is 0.112. The maximum absolute atomic E-state index is 11.8. The van der Waals surface area contributed by atoms with Gasteiger partial charge in [-0.15, -0.1) is 0 Å². The largest absolute Gasteiger partial charge is 0.477 e. The second-order valence-corrected chi connectivity index (χ2v) is 4.37. The molecule has 6 heteroatoms. The normalized spacial score (nSPS) is 22.9. The molecule has 18 heavy (non-hydrogen) atoms. The molecule has 2 atom stereocenters. The third-order valence-electron chi connectivity index (χ3n) is 3.09. The first-order chi connectivity index (χ1) is 8.58. The van der Waals surface area contributed by atoms with Crippen LogP contribution in [0.5, 0.6) is 0 Å². The molecule has 0 bridgehead atoms. The Labute approximate surface area is 105 Å². The Kier molecular flexibility index (Phi) is 3.66. The van der Waals surface area contributed by atoms with Gasteiger partial charge in [-0.1, -0.05) is 0 Å². The highest BCUT2D eigenvalue weighted by Gasteiger charge is 2.25.